The van der Waals surface area contributed by atoms with Crippen molar-refractivity contribution in [3.8, 4) is 0 Å². The van der Waals surface area contributed by atoms with E-state index in [9.17, 15) is 4.79 Å². The van der Waals surface area contributed by atoms with Gasteiger partial charge in [-0.15, -0.1) is 0 Å². The minimum atomic E-state index is -0.178. The maximum Gasteiger partial charge on any atom is 0.268 e. The normalized spacial score (nSPS) is 10.6. The summed E-state index contributed by atoms with van der Waals surface area (Å²) in [6.45, 7) is 2.15. The average molecular weight is 332 g/mol. The summed E-state index contributed by atoms with van der Waals surface area (Å²) in [5, 5.41) is 7.72. The summed E-state index contributed by atoms with van der Waals surface area (Å²) in [5.41, 5.74) is -0.178. The van der Waals surface area contributed by atoms with Gasteiger partial charge < -0.3 is 4.52 Å². The highest BCUT2D eigenvalue weighted by molar-refractivity contribution is 14.1. The van der Waals surface area contributed by atoms with Gasteiger partial charge in [-0.05, 0) is 22.6 Å². The Kier molecular flexibility index (Phi) is 3.32. The van der Waals surface area contributed by atoms with E-state index in [0.29, 0.717) is 18.1 Å². The molecule has 16 heavy (non-hydrogen) atoms. The molecule has 0 saturated carbocycles. The molecule has 84 valence electrons. The summed E-state index contributed by atoms with van der Waals surface area (Å²) in [5.74, 6) is 1.03. The van der Waals surface area contributed by atoms with Gasteiger partial charge in [-0.25, -0.2) is 4.68 Å². The Morgan fingerprint density at radius 2 is 2.38 bits per heavy atom. The van der Waals surface area contributed by atoms with E-state index in [1.807, 2.05) is 29.5 Å². The third kappa shape index (κ3) is 2.46. The number of aryl methyl sites for hydroxylation is 1. The van der Waals surface area contributed by atoms with Crippen LogP contribution in [0, 0.1) is 3.57 Å². The molecule has 0 atom stereocenters. The Morgan fingerprint density at radius 1 is 1.56 bits per heavy atom. The van der Waals surface area contributed by atoms with Gasteiger partial charge in [0.1, 0.15) is 6.54 Å². The molecule has 0 unspecified atom stereocenters. The largest absolute Gasteiger partial charge is 0.337 e. The molecule has 0 amide bonds. The van der Waals surface area contributed by atoms with Crippen molar-refractivity contribution >= 4 is 22.6 Å². The molecule has 2 aromatic rings. The van der Waals surface area contributed by atoms with E-state index in [1.54, 1.807) is 6.20 Å². The minimum Gasteiger partial charge on any atom is -0.337 e. The molecule has 0 bridgehead atoms. The zero-order chi connectivity index (χ0) is 11.5. The summed E-state index contributed by atoms with van der Waals surface area (Å²) in [6.07, 6.45) is 2.32. The van der Waals surface area contributed by atoms with Crippen molar-refractivity contribution < 1.29 is 4.52 Å². The number of nitrogens with zero attached hydrogens (tertiary/aromatic N) is 4. The van der Waals surface area contributed by atoms with Gasteiger partial charge in [0.2, 0.25) is 5.89 Å². The maximum atomic E-state index is 11.5. The highest BCUT2D eigenvalue weighted by atomic mass is 127. The third-order valence-corrected chi connectivity index (χ3v) is 2.54. The molecule has 0 aliphatic carbocycles. The van der Waals surface area contributed by atoms with Crippen LogP contribution < -0.4 is 5.56 Å². The van der Waals surface area contributed by atoms with Crippen LogP contribution in [-0.2, 0) is 13.0 Å². The van der Waals surface area contributed by atoms with Crippen molar-refractivity contribution in [3.05, 3.63) is 37.9 Å². The molecule has 0 N–H and O–H groups in total. The topological polar surface area (TPSA) is 73.8 Å². The first-order chi connectivity index (χ1) is 7.69. The van der Waals surface area contributed by atoms with Crippen LogP contribution in [0.5, 0.6) is 0 Å². The lowest BCUT2D eigenvalue weighted by atomic mass is 10.5. The summed E-state index contributed by atoms with van der Waals surface area (Å²) in [4.78, 5) is 15.6. The minimum absolute atomic E-state index is 0.178. The van der Waals surface area contributed by atoms with Gasteiger partial charge in [-0.1, -0.05) is 12.1 Å². The maximum absolute atomic E-state index is 11.5. The van der Waals surface area contributed by atoms with Gasteiger partial charge in [0.05, 0.1) is 6.20 Å². The van der Waals surface area contributed by atoms with Gasteiger partial charge in [-0.2, -0.15) is 10.1 Å². The van der Waals surface area contributed by atoms with E-state index in [-0.39, 0.29) is 12.1 Å². The molecule has 7 heteroatoms. The van der Waals surface area contributed by atoms with Crippen LogP contribution in [-0.4, -0.2) is 19.9 Å². The van der Waals surface area contributed by atoms with E-state index in [2.05, 4.69) is 15.2 Å². The van der Waals surface area contributed by atoms with Crippen molar-refractivity contribution in [2.75, 3.05) is 0 Å². The van der Waals surface area contributed by atoms with Crippen molar-refractivity contribution in [1.29, 1.82) is 0 Å². The SMILES string of the molecule is CCc1noc(Cn2ncc(I)cc2=O)n1. The van der Waals surface area contributed by atoms with Gasteiger partial charge >= 0.3 is 0 Å². The smallest absolute Gasteiger partial charge is 0.268 e. The molecule has 2 aromatic heterocycles. The van der Waals surface area contributed by atoms with Crippen LogP contribution in [0.25, 0.3) is 0 Å². The molecule has 2 rings (SSSR count). The van der Waals surface area contributed by atoms with E-state index in [4.69, 9.17) is 4.52 Å². The first kappa shape index (κ1) is 11.2. The third-order valence-electron chi connectivity index (χ3n) is 1.95. The van der Waals surface area contributed by atoms with Crippen LogP contribution in [0.2, 0.25) is 0 Å². The summed E-state index contributed by atoms with van der Waals surface area (Å²) in [6, 6.07) is 1.50. The highest BCUT2D eigenvalue weighted by Crippen LogP contribution is 2.00. The number of halogens is 1. The second kappa shape index (κ2) is 4.73. The molecular weight excluding hydrogens is 323 g/mol. The summed E-state index contributed by atoms with van der Waals surface area (Å²) >= 11 is 2.04. The average Bonchev–Trinajstić information content (AvgIpc) is 2.70. The Bertz CT molecular complexity index is 548. The van der Waals surface area contributed by atoms with Crippen molar-refractivity contribution in [2.24, 2.45) is 0 Å². The predicted octanol–water partition coefficient (Wildman–Crippen LogP) is 0.842. The highest BCUT2D eigenvalue weighted by Gasteiger charge is 2.07. The van der Waals surface area contributed by atoms with Crippen molar-refractivity contribution in [2.45, 2.75) is 19.9 Å². The predicted molar refractivity (Wildman–Crippen MR) is 64.0 cm³/mol. The molecule has 0 aliphatic heterocycles. The lowest BCUT2D eigenvalue weighted by molar-refractivity contribution is 0.358. The molecule has 0 aliphatic rings. The van der Waals surface area contributed by atoms with Crippen LogP contribution >= 0.6 is 22.6 Å². The monoisotopic (exact) mass is 332 g/mol. The number of hydrogen-bond donors (Lipinski definition) is 0. The zero-order valence-electron chi connectivity index (χ0n) is 8.55. The number of hydrogen-bond acceptors (Lipinski definition) is 5. The van der Waals surface area contributed by atoms with Crippen LogP contribution in [0.15, 0.2) is 21.6 Å². The second-order valence-electron chi connectivity index (χ2n) is 3.13. The lowest BCUT2D eigenvalue weighted by Gasteiger charge is -1.99. The first-order valence-corrected chi connectivity index (χ1v) is 5.81. The Morgan fingerprint density at radius 3 is 3.00 bits per heavy atom. The molecule has 0 saturated heterocycles. The van der Waals surface area contributed by atoms with E-state index < -0.39 is 0 Å². The molecule has 0 fully saturated rings. The fourth-order valence-corrected chi connectivity index (χ4v) is 1.55. The Hall–Kier alpha value is -1.25. The molecule has 0 radical (unpaired) electrons. The van der Waals surface area contributed by atoms with Gasteiger partial charge in [0.15, 0.2) is 5.82 Å². The van der Waals surface area contributed by atoms with Crippen LogP contribution in [0.1, 0.15) is 18.6 Å². The number of aromatic nitrogens is 4. The van der Waals surface area contributed by atoms with Crippen molar-refractivity contribution in [1.82, 2.24) is 19.9 Å². The van der Waals surface area contributed by atoms with Crippen LogP contribution in [0.3, 0.4) is 0 Å². The van der Waals surface area contributed by atoms with Gasteiger partial charge in [0.25, 0.3) is 5.56 Å². The van der Waals surface area contributed by atoms with E-state index >= 15 is 0 Å². The van der Waals surface area contributed by atoms with E-state index in [0.717, 1.165) is 3.57 Å². The fourth-order valence-electron chi connectivity index (χ4n) is 1.16. The Balaban J connectivity index is 2.23. The second-order valence-corrected chi connectivity index (χ2v) is 4.37. The van der Waals surface area contributed by atoms with E-state index in [1.165, 1.54) is 10.7 Å². The molecule has 6 nitrogen and oxygen atoms in total. The molecule has 0 spiro atoms. The van der Waals surface area contributed by atoms with Crippen LogP contribution in [0.4, 0.5) is 0 Å². The summed E-state index contributed by atoms with van der Waals surface area (Å²) < 4.78 is 7.07. The zero-order valence-corrected chi connectivity index (χ0v) is 10.7. The summed E-state index contributed by atoms with van der Waals surface area (Å²) in [7, 11) is 0. The lowest BCUT2D eigenvalue weighted by Crippen LogP contribution is -2.22. The van der Waals surface area contributed by atoms with Crippen molar-refractivity contribution in [3.63, 3.8) is 0 Å². The molecule has 2 heterocycles. The Labute approximate surface area is 105 Å². The van der Waals surface area contributed by atoms with Gasteiger partial charge in [-0.3, -0.25) is 4.79 Å². The first-order valence-electron chi connectivity index (χ1n) is 4.73. The molecule has 0 aromatic carbocycles. The molecular formula is C9H9IN4O2. The standard InChI is InChI=1S/C9H9IN4O2/c1-2-7-12-8(16-13-7)5-14-9(15)3-6(10)4-11-14/h3-4H,2,5H2,1H3. The fraction of sp³-hybridized carbons (Fsp3) is 0.333. The number of rotatable bonds is 3. The quantitative estimate of drug-likeness (QED) is 0.779. The van der Waals surface area contributed by atoms with Gasteiger partial charge in [0, 0.05) is 16.1 Å².